The van der Waals surface area contributed by atoms with Gasteiger partial charge in [-0.2, -0.15) is 0 Å². The Labute approximate surface area is 146 Å². The molecule has 0 fully saturated rings. The summed E-state index contributed by atoms with van der Waals surface area (Å²) in [5, 5.41) is 3.51. The molecule has 1 aliphatic rings. The van der Waals surface area contributed by atoms with E-state index in [0.29, 0.717) is 22.0 Å². The van der Waals surface area contributed by atoms with E-state index < -0.39 is 5.91 Å². The zero-order valence-corrected chi connectivity index (χ0v) is 15.0. The van der Waals surface area contributed by atoms with Gasteiger partial charge in [-0.1, -0.05) is 24.6 Å². The summed E-state index contributed by atoms with van der Waals surface area (Å²) in [7, 11) is 0. The Hall–Kier alpha value is -2.14. The van der Waals surface area contributed by atoms with Gasteiger partial charge < -0.3 is 11.1 Å². The first-order valence-corrected chi connectivity index (χ1v) is 9.01. The first-order chi connectivity index (χ1) is 11.4. The average Bonchev–Trinajstić information content (AvgIpc) is 2.83. The van der Waals surface area contributed by atoms with Gasteiger partial charge in [-0.15, -0.1) is 11.3 Å². The van der Waals surface area contributed by atoms with Gasteiger partial charge in [-0.05, 0) is 56.2 Å². The van der Waals surface area contributed by atoms with Crippen LogP contribution in [0.3, 0.4) is 0 Å². The van der Waals surface area contributed by atoms with Crippen molar-refractivity contribution in [3.63, 3.8) is 0 Å². The number of amides is 2. The predicted molar refractivity (Wildman–Crippen MR) is 97.9 cm³/mol. The van der Waals surface area contributed by atoms with Crippen LogP contribution in [0.1, 0.15) is 55.6 Å². The molecule has 126 valence electrons. The minimum absolute atomic E-state index is 0.193. The number of nitrogens with two attached hydrogens (primary N) is 1. The maximum Gasteiger partial charge on any atom is 0.256 e. The van der Waals surface area contributed by atoms with Crippen LogP contribution in [0.2, 0.25) is 0 Å². The van der Waals surface area contributed by atoms with E-state index in [4.69, 9.17) is 5.73 Å². The van der Waals surface area contributed by atoms with Crippen molar-refractivity contribution in [2.45, 2.75) is 40.0 Å². The fraction of sp³-hybridized carbons (Fsp3) is 0.368. The van der Waals surface area contributed by atoms with Gasteiger partial charge >= 0.3 is 0 Å². The fourth-order valence-corrected chi connectivity index (χ4v) is 4.75. The molecule has 1 aromatic heterocycles. The quantitative estimate of drug-likeness (QED) is 0.889. The topological polar surface area (TPSA) is 72.2 Å². The molecule has 3 N–H and O–H groups in total. The molecule has 0 aliphatic heterocycles. The van der Waals surface area contributed by atoms with Crippen molar-refractivity contribution >= 4 is 28.2 Å². The van der Waals surface area contributed by atoms with Crippen molar-refractivity contribution in [1.29, 1.82) is 0 Å². The Bertz CT molecular complexity index is 823. The Morgan fingerprint density at radius 1 is 1.29 bits per heavy atom. The highest BCUT2D eigenvalue weighted by Crippen LogP contribution is 2.39. The lowest BCUT2D eigenvalue weighted by Gasteiger charge is -2.18. The fourth-order valence-electron chi connectivity index (χ4n) is 3.34. The first kappa shape index (κ1) is 16.7. The summed E-state index contributed by atoms with van der Waals surface area (Å²) in [6.07, 6.45) is 2.85. The molecule has 0 radical (unpaired) electrons. The van der Waals surface area contributed by atoms with Crippen LogP contribution in [0, 0.1) is 19.8 Å². The molecule has 0 bridgehead atoms. The first-order valence-electron chi connectivity index (χ1n) is 8.19. The van der Waals surface area contributed by atoms with E-state index in [1.807, 2.05) is 32.0 Å². The number of primary amides is 1. The van der Waals surface area contributed by atoms with Crippen LogP contribution in [0.15, 0.2) is 18.2 Å². The second kappa shape index (κ2) is 6.40. The van der Waals surface area contributed by atoms with Gasteiger partial charge in [0.05, 0.1) is 5.56 Å². The molecular formula is C19H22N2O2S. The van der Waals surface area contributed by atoms with Gasteiger partial charge in [-0.3, -0.25) is 9.59 Å². The number of nitrogens with one attached hydrogen (secondary N) is 1. The van der Waals surface area contributed by atoms with Crippen molar-refractivity contribution in [1.82, 2.24) is 0 Å². The number of hydrogen-bond donors (Lipinski definition) is 2. The Kier molecular flexibility index (Phi) is 4.45. The molecule has 1 aliphatic carbocycles. The number of rotatable bonds is 3. The van der Waals surface area contributed by atoms with E-state index in [-0.39, 0.29) is 5.91 Å². The molecule has 5 heteroatoms. The number of aryl methyl sites for hydroxylation is 2. The molecule has 1 atom stereocenters. The van der Waals surface area contributed by atoms with Crippen LogP contribution < -0.4 is 11.1 Å². The Morgan fingerprint density at radius 3 is 2.71 bits per heavy atom. The van der Waals surface area contributed by atoms with Gasteiger partial charge in [0.25, 0.3) is 11.8 Å². The van der Waals surface area contributed by atoms with E-state index >= 15 is 0 Å². The lowest BCUT2D eigenvalue weighted by Crippen LogP contribution is -2.19. The van der Waals surface area contributed by atoms with Crippen molar-refractivity contribution in [2.24, 2.45) is 11.7 Å². The summed E-state index contributed by atoms with van der Waals surface area (Å²) in [5.41, 5.74) is 9.78. The normalized spacial score (nSPS) is 16.5. The molecule has 1 aromatic carbocycles. The number of fused-ring (bicyclic) bond motifs is 1. The molecule has 2 aromatic rings. The molecule has 0 saturated heterocycles. The minimum atomic E-state index is -0.460. The number of anilines is 1. The molecule has 0 spiro atoms. The van der Waals surface area contributed by atoms with Crippen LogP contribution in [0.4, 0.5) is 5.00 Å². The maximum absolute atomic E-state index is 12.6. The lowest BCUT2D eigenvalue weighted by atomic mass is 9.88. The number of carbonyl (C=O) groups is 2. The predicted octanol–water partition coefficient (Wildman–Crippen LogP) is 3.84. The highest BCUT2D eigenvalue weighted by atomic mass is 32.1. The molecule has 1 unspecified atom stereocenters. The summed E-state index contributed by atoms with van der Waals surface area (Å²) >= 11 is 1.49. The van der Waals surface area contributed by atoms with Gasteiger partial charge in [0.1, 0.15) is 5.00 Å². The summed E-state index contributed by atoms with van der Waals surface area (Å²) in [6, 6.07) is 5.71. The van der Waals surface area contributed by atoms with E-state index in [1.54, 1.807) is 0 Å². The second-order valence-electron chi connectivity index (χ2n) is 6.69. The van der Waals surface area contributed by atoms with Gasteiger partial charge in [0.15, 0.2) is 0 Å². The number of benzene rings is 1. The van der Waals surface area contributed by atoms with E-state index in [9.17, 15) is 9.59 Å². The third-order valence-corrected chi connectivity index (χ3v) is 5.78. The lowest BCUT2D eigenvalue weighted by molar-refractivity contribution is 0.1000. The number of hydrogen-bond acceptors (Lipinski definition) is 3. The summed E-state index contributed by atoms with van der Waals surface area (Å²) in [4.78, 5) is 25.8. The van der Waals surface area contributed by atoms with Crippen molar-refractivity contribution in [3.8, 4) is 0 Å². The Morgan fingerprint density at radius 2 is 2.04 bits per heavy atom. The summed E-state index contributed by atoms with van der Waals surface area (Å²) in [5.74, 6) is -0.0561. The standard InChI is InChI=1S/C19H22N2O2S/c1-10-4-6-13(12(3)8-10)18(23)21-19-16(17(20)22)14-7-5-11(2)9-15(14)24-19/h4,6,8,11H,5,7,9H2,1-3H3,(H2,20,22)(H,21,23). The second-order valence-corrected chi connectivity index (χ2v) is 7.80. The Balaban J connectivity index is 1.95. The zero-order valence-electron chi connectivity index (χ0n) is 14.2. The smallest absolute Gasteiger partial charge is 0.256 e. The highest BCUT2D eigenvalue weighted by Gasteiger charge is 2.27. The molecule has 2 amide bonds. The zero-order chi connectivity index (χ0) is 17.4. The third kappa shape index (κ3) is 3.08. The van der Waals surface area contributed by atoms with E-state index in [0.717, 1.165) is 36.0 Å². The number of thiophene rings is 1. The molecule has 3 rings (SSSR count). The van der Waals surface area contributed by atoms with Crippen LogP contribution in [0.25, 0.3) is 0 Å². The summed E-state index contributed by atoms with van der Waals surface area (Å²) in [6.45, 7) is 6.12. The molecule has 0 saturated carbocycles. The van der Waals surface area contributed by atoms with Crippen LogP contribution >= 0.6 is 11.3 Å². The highest BCUT2D eigenvalue weighted by molar-refractivity contribution is 7.17. The maximum atomic E-state index is 12.6. The van der Waals surface area contributed by atoms with Gasteiger partial charge in [0, 0.05) is 10.4 Å². The van der Waals surface area contributed by atoms with Crippen LogP contribution in [-0.2, 0) is 12.8 Å². The third-order valence-electron chi connectivity index (χ3n) is 4.61. The van der Waals surface area contributed by atoms with Crippen molar-refractivity contribution in [3.05, 3.63) is 50.9 Å². The van der Waals surface area contributed by atoms with Crippen molar-refractivity contribution in [2.75, 3.05) is 5.32 Å². The molecular weight excluding hydrogens is 320 g/mol. The average molecular weight is 342 g/mol. The van der Waals surface area contributed by atoms with Crippen molar-refractivity contribution < 1.29 is 9.59 Å². The van der Waals surface area contributed by atoms with E-state index in [1.165, 1.54) is 16.2 Å². The SMILES string of the molecule is Cc1ccc(C(=O)Nc2sc3c(c2C(N)=O)CCC(C)C3)c(C)c1. The van der Waals surface area contributed by atoms with Crippen LogP contribution in [0.5, 0.6) is 0 Å². The van der Waals surface area contributed by atoms with E-state index in [2.05, 4.69) is 12.2 Å². The number of carbonyl (C=O) groups excluding carboxylic acids is 2. The largest absolute Gasteiger partial charge is 0.365 e. The summed E-state index contributed by atoms with van der Waals surface area (Å²) < 4.78 is 0. The monoisotopic (exact) mass is 342 g/mol. The molecule has 1 heterocycles. The van der Waals surface area contributed by atoms with Gasteiger partial charge in [-0.25, -0.2) is 0 Å². The van der Waals surface area contributed by atoms with Crippen LogP contribution in [-0.4, -0.2) is 11.8 Å². The minimum Gasteiger partial charge on any atom is -0.365 e. The van der Waals surface area contributed by atoms with Gasteiger partial charge in [0.2, 0.25) is 0 Å². The molecule has 4 nitrogen and oxygen atoms in total. The molecule has 24 heavy (non-hydrogen) atoms.